The third-order valence-corrected chi connectivity index (χ3v) is 4.29. The zero-order valence-corrected chi connectivity index (χ0v) is 16.1. The fourth-order valence-electron chi connectivity index (χ4n) is 2.78. The molecule has 0 bridgehead atoms. The Balaban J connectivity index is 1.94. The van der Waals surface area contributed by atoms with Gasteiger partial charge in [-0.1, -0.05) is 18.2 Å². The van der Waals surface area contributed by atoms with E-state index in [-0.39, 0.29) is 5.91 Å². The van der Waals surface area contributed by atoms with Crippen molar-refractivity contribution in [3.8, 4) is 17.2 Å². The van der Waals surface area contributed by atoms with Gasteiger partial charge in [-0.2, -0.15) is 0 Å². The number of hydrogen-bond acceptors (Lipinski definition) is 5. The van der Waals surface area contributed by atoms with Crippen molar-refractivity contribution in [2.24, 2.45) is 0 Å². The standard InChI is InChI=1S/C20H20N2O4S/c1-4-26-16-8-6-5-7-15(16)22-19(23)14(21-20(22)27)11-13-9-10-17(24-2)18(12-13)25-3/h5-12H,4H2,1-3H3,(H,21,27)/b14-11+. The van der Waals surface area contributed by atoms with Crippen molar-refractivity contribution < 1.29 is 19.0 Å². The van der Waals surface area contributed by atoms with Crippen molar-refractivity contribution in [1.82, 2.24) is 5.32 Å². The molecule has 2 aromatic rings. The number of thiocarbonyl (C=S) groups is 1. The van der Waals surface area contributed by atoms with E-state index in [1.165, 1.54) is 4.90 Å². The van der Waals surface area contributed by atoms with Gasteiger partial charge in [0.2, 0.25) is 0 Å². The second-order valence-corrected chi connectivity index (χ2v) is 6.03. The van der Waals surface area contributed by atoms with Crippen LogP contribution in [0.1, 0.15) is 12.5 Å². The minimum Gasteiger partial charge on any atom is -0.493 e. The van der Waals surface area contributed by atoms with Crippen LogP contribution >= 0.6 is 12.2 Å². The number of nitrogens with zero attached hydrogens (tertiary/aromatic N) is 1. The zero-order chi connectivity index (χ0) is 19.4. The summed E-state index contributed by atoms with van der Waals surface area (Å²) in [6, 6.07) is 12.7. The van der Waals surface area contributed by atoms with Crippen LogP contribution in [0.4, 0.5) is 5.69 Å². The van der Waals surface area contributed by atoms with Gasteiger partial charge in [-0.3, -0.25) is 4.79 Å². The van der Waals surface area contributed by atoms with E-state index >= 15 is 0 Å². The van der Waals surface area contributed by atoms with Gasteiger partial charge in [-0.25, -0.2) is 4.90 Å². The summed E-state index contributed by atoms with van der Waals surface area (Å²) >= 11 is 5.38. The number of benzene rings is 2. The first kappa shape index (κ1) is 18.7. The highest BCUT2D eigenvalue weighted by molar-refractivity contribution is 7.80. The highest BCUT2D eigenvalue weighted by atomic mass is 32.1. The molecule has 1 aliphatic rings. The molecule has 0 atom stereocenters. The van der Waals surface area contributed by atoms with Crippen LogP contribution in [-0.4, -0.2) is 31.8 Å². The molecule has 0 aromatic heterocycles. The summed E-state index contributed by atoms with van der Waals surface area (Å²) in [4.78, 5) is 14.4. The molecule has 1 fully saturated rings. The lowest BCUT2D eigenvalue weighted by Crippen LogP contribution is -2.30. The van der Waals surface area contributed by atoms with Gasteiger partial charge in [0.15, 0.2) is 16.6 Å². The first-order valence-electron chi connectivity index (χ1n) is 8.40. The predicted molar refractivity (Wildman–Crippen MR) is 108 cm³/mol. The molecule has 3 rings (SSSR count). The van der Waals surface area contributed by atoms with E-state index < -0.39 is 0 Å². The summed E-state index contributed by atoms with van der Waals surface area (Å²) in [5.74, 6) is 1.55. The van der Waals surface area contributed by atoms with Gasteiger partial charge in [0, 0.05) is 0 Å². The summed E-state index contributed by atoms with van der Waals surface area (Å²) in [5, 5.41) is 3.28. The molecular formula is C20H20N2O4S. The predicted octanol–water partition coefficient (Wildman–Crippen LogP) is 3.36. The van der Waals surface area contributed by atoms with Crippen LogP contribution in [0.25, 0.3) is 6.08 Å². The molecule has 1 amide bonds. The van der Waals surface area contributed by atoms with Gasteiger partial charge in [-0.05, 0) is 55.0 Å². The summed E-state index contributed by atoms with van der Waals surface area (Å²) in [6.07, 6.45) is 1.72. The van der Waals surface area contributed by atoms with E-state index in [2.05, 4.69) is 5.32 Å². The Hall–Kier alpha value is -3.06. The van der Waals surface area contributed by atoms with Gasteiger partial charge >= 0.3 is 0 Å². The molecule has 0 spiro atoms. The Kier molecular flexibility index (Phi) is 5.61. The van der Waals surface area contributed by atoms with Gasteiger partial charge in [0.1, 0.15) is 11.4 Å². The normalized spacial score (nSPS) is 15.1. The number of hydrogen-bond donors (Lipinski definition) is 1. The maximum absolute atomic E-state index is 13.0. The van der Waals surface area contributed by atoms with Gasteiger partial charge in [-0.15, -0.1) is 0 Å². The summed E-state index contributed by atoms with van der Waals surface area (Å²) in [5.41, 5.74) is 1.77. The second kappa shape index (κ2) is 8.09. The fourth-order valence-corrected chi connectivity index (χ4v) is 3.07. The molecule has 0 saturated carbocycles. The average Bonchev–Trinajstić information content (AvgIpc) is 2.95. The Labute approximate surface area is 163 Å². The van der Waals surface area contributed by atoms with Crippen LogP contribution in [0.15, 0.2) is 48.2 Å². The summed E-state index contributed by atoms with van der Waals surface area (Å²) in [7, 11) is 3.14. The van der Waals surface area contributed by atoms with Gasteiger partial charge in [0.25, 0.3) is 5.91 Å². The van der Waals surface area contributed by atoms with Crippen LogP contribution in [0.2, 0.25) is 0 Å². The highest BCUT2D eigenvalue weighted by Crippen LogP contribution is 2.32. The van der Waals surface area contributed by atoms with Crippen LogP contribution in [-0.2, 0) is 4.79 Å². The molecule has 1 aliphatic heterocycles. The molecule has 0 aliphatic carbocycles. The lowest BCUT2D eigenvalue weighted by atomic mass is 10.1. The zero-order valence-electron chi connectivity index (χ0n) is 15.3. The summed E-state index contributed by atoms with van der Waals surface area (Å²) < 4.78 is 16.2. The molecule has 0 radical (unpaired) electrons. The van der Waals surface area contributed by atoms with E-state index in [4.69, 9.17) is 26.4 Å². The first-order chi connectivity index (χ1) is 13.1. The molecule has 1 saturated heterocycles. The molecule has 6 nitrogen and oxygen atoms in total. The lowest BCUT2D eigenvalue weighted by molar-refractivity contribution is -0.113. The molecule has 1 heterocycles. The number of methoxy groups -OCH3 is 2. The van der Waals surface area contributed by atoms with E-state index in [1.54, 1.807) is 38.5 Å². The SMILES string of the molecule is CCOc1ccccc1N1C(=O)/C(=C\c2ccc(OC)c(OC)c2)NC1=S. The number of carbonyl (C=O) groups excluding carboxylic acids is 1. The van der Waals surface area contributed by atoms with Crippen molar-refractivity contribution in [1.29, 1.82) is 0 Å². The van der Waals surface area contributed by atoms with E-state index in [0.717, 1.165) is 5.56 Å². The highest BCUT2D eigenvalue weighted by Gasteiger charge is 2.33. The van der Waals surface area contributed by atoms with Crippen molar-refractivity contribution >= 4 is 35.0 Å². The second-order valence-electron chi connectivity index (χ2n) is 5.64. The smallest absolute Gasteiger partial charge is 0.281 e. The summed E-state index contributed by atoms with van der Waals surface area (Å²) in [6.45, 7) is 2.38. The molecule has 7 heteroatoms. The van der Waals surface area contributed by atoms with E-state index in [1.807, 2.05) is 31.2 Å². The van der Waals surface area contributed by atoms with Crippen LogP contribution in [0.3, 0.4) is 0 Å². The Morgan fingerprint density at radius 1 is 1.07 bits per heavy atom. The number of rotatable bonds is 6. The average molecular weight is 384 g/mol. The Bertz CT molecular complexity index is 911. The molecule has 140 valence electrons. The third kappa shape index (κ3) is 3.73. The minimum atomic E-state index is -0.248. The van der Waals surface area contributed by atoms with Crippen molar-refractivity contribution in [3.63, 3.8) is 0 Å². The number of ether oxygens (including phenoxy) is 3. The third-order valence-electron chi connectivity index (χ3n) is 4.00. The Morgan fingerprint density at radius 2 is 1.81 bits per heavy atom. The molecule has 27 heavy (non-hydrogen) atoms. The molecule has 2 aromatic carbocycles. The largest absolute Gasteiger partial charge is 0.493 e. The number of amides is 1. The van der Waals surface area contributed by atoms with Crippen LogP contribution in [0.5, 0.6) is 17.2 Å². The van der Waals surface area contributed by atoms with E-state index in [0.29, 0.717) is 40.4 Å². The molecular weight excluding hydrogens is 364 g/mol. The fraction of sp³-hybridized carbons (Fsp3) is 0.200. The van der Waals surface area contributed by atoms with Crippen molar-refractivity contribution in [3.05, 3.63) is 53.7 Å². The van der Waals surface area contributed by atoms with Crippen molar-refractivity contribution in [2.75, 3.05) is 25.7 Å². The number of anilines is 1. The maximum atomic E-state index is 13.0. The first-order valence-corrected chi connectivity index (χ1v) is 8.80. The molecule has 1 N–H and O–H groups in total. The lowest BCUT2D eigenvalue weighted by Gasteiger charge is -2.17. The number of carbonyl (C=O) groups is 1. The van der Waals surface area contributed by atoms with Gasteiger partial charge in [0.05, 0.1) is 26.5 Å². The number of para-hydroxylation sites is 2. The minimum absolute atomic E-state index is 0.248. The number of nitrogens with one attached hydrogen (secondary N) is 1. The van der Waals surface area contributed by atoms with Crippen molar-refractivity contribution in [2.45, 2.75) is 6.92 Å². The van der Waals surface area contributed by atoms with Crippen LogP contribution < -0.4 is 24.4 Å². The molecule has 0 unspecified atom stereocenters. The van der Waals surface area contributed by atoms with E-state index in [9.17, 15) is 4.79 Å². The topological polar surface area (TPSA) is 60.0 Å². The quantitative estimate of drug-likeness (QED) is 0.609. The van der Waals surface area contributed by atoms with Gasteiger partial charge < -0.3 is 19.5 Å². The monoisotopic (exact) mass is 384 g/mol. The Morgan fingerprint density at radius 3 is 2.52 bits per heavy atom. The maximum Gasteiger partial charge on any atom is 0.281 e. The van der Waals surface area contributed by atoms with Crippen LogP contribution in [0, 0.1) is 0 Å².